The summed E-state index contributed by atoms with van der Waals surface area (Å²) in [6.45, 7) is 1.51. The number of hydrogen-bond donors (Lipinski definition) is 0. The molecule has 3 nitrogen and oxygen atoms in total. The largest absolute Gasteiger partial charge is 0.340 e. The summed E-state index contributed by atoms with van der Waals surface area (Å²) in [5.74, 6) is 0.0376. The van der Waals surface area contributed by atoms with Crippen molar-refractivity contribution in [1.29, 1.82) is 0 Å². The summed E-state index contributed by atoms with van der Waals surface area (Å²) in [6.07, 6.45) is 6.74. The van der Waals surface area contributed by atoms with Crippen molar-refractivity contribution in [2.75, 3.05) is 0 Å². The minimum absolute atomic E-state index is 0.0376. The molecule has 0 radical (unpaired) electrons. The van der Waals surface area contributed by atoms with E-state index >= 15 is 0 Å². The van der Waals surface area contributed by atoms with Crippen molar-refractivity contribution in [2.45, 2.75) is 6.92 Å². The number of allylic oxidation sites excluding steroid dienone is 1. The molecule has 0 saturated carbocycles. The summed E-state index contributed by atoms with van der Waals surface area (Å²) in [5, 5.41) is 0. The summed E-state index contributed by atoms with van der Waals surface area (Å²) < 4.78 is 1.83. The number of ketones is 1. The lowest BCUT2D eigenvalue weighted by atomic mass is 10.3. The van der Waals surface area contributed by atoms with Gasteiger partial charge in [-0.3, -0.25) is 4.79 Å². The Balaban J connectivity index is 2.71. The first kappa shape index (κ1) is 7.72. The fourth-order valence-electron chi connectivity index (χ4n) is 0.722. The van der Waals surface area contributed by atoms with Gasteiger partial charge in [0.05, 0.1) is 12.0 Å². The smallest absolute Gasteiger partial charge is 0.152 e. The standard InChI is InChI=1S/C8H10N2O/c1-7(11)3-4-8-5-10(2)6-9-8/h3-6H,1-2H3/b4-3+. The fraction of sp³-hybridized carbons (Fsp3) is 0.250. The second kappa shape index (κ2) is 3.14. The van der Waals surface area contributed by atoms with Gasteiger partial charge in [-0.2, -0.15) is 0 Å². The number of imidazole rings is 1. The molecule has 11 heavy (non-hydrogen) atoms. The Hall–Kier alpha value is -1.38. The Morgan fingerprint density at radius 1 is 1.73 bits per heavy atom. The van der Waals surface area contributed by atoms with E-state index in [1.165, 1.54) is 13.0 Å². The third-order valence-electron chi connectivity index (χ3n) is 1.21. The highest BCUT2D eigenvalue weighted by molar-refractivity contribution is 5.91. The Bertz CT molecular complexity index is 286. The van der Waals surface area contributed by atoms with Crippen LogP contribution in [0.25, 0.3) is 6.08 Å². The molecule has 0 aliphatic rings. The van der Waals surface area contributed by atoms with Crippen molar-refractivity contribution in [3.05, 3.63) is 24.3 Å². The molecule has 0 atom stereocenters. The van der Waals surface area contributed by atoms with Gasteiger partial charge in [-0.15, -0.1) is 0 Å². The van der Waals surface area contributed by atoms with Crippen molar-refractivity contribution < 1.29 is 4.79 Å². The van der Waals surface area contributed by atoms with Gasteiger partial charge in [-0.05, 0) is 19.1 Å². The zero-order valence-electron chi connectivity index (χ0n) is 6.61. The zero-order valence-corrected chi connectivity index (χ0v) is 6.61. The van der Waals surface area contributed by atoms with Gasteiger partial charge in [-0.1, -0.05) is 0 Å². The molecule has 0 spiro atoms. The fourth-order valence-corrected chi connectivity index (χ4v) is 0.722. The average Bonchev–Trinajstić information content (AvgIpc) is 2.31. The molecule has 1 rings (SSSR count). The second-order valence-corrected chi connectivity index (χ2v) is 2.41. The van der Waals surface area contributed by atoms with E-state index in [0.717, 1.165) is 5.69 Å². The Labute approximate surface area is 65.4 Å². The van der Waals surface area contributed by atoms with E-state index in [1.54, 1.807) is 12.4 Å². The van der Waals surface area contributed by atoms with Gasteiger partial charge in [0.1, 0.15) is 0 Å². The average molecular weight is 150 g/mol. The van der Waals surface area contributed by atoms with E-state index in [0.29, 0.717) is 0 Å². The van der Waals surface area contributed by atoms with Crippen LogP contribution in [0.1, 0.15) is 12.6 Å². The summed E-state index contributed by atoms with van der Waals surface area (Å²) in [4.78, 5) is 14.5. The molecule has 1 aromatic heterocycles. The molecule has 0 unspecified atom stereocenters. The molecule has 0 bridgehead atoms. The molecule has 0 N–H and O–H groups in total. The van der Waals surface area contributed by atoms with Crippen molar-refractivity contribution in [3.63, 3.8) is 0 Å². The molecule has 0 saturated heterocycles. The SMILES string of the molecule is CC(=O)/C=C/c1cn(C)cn1. The minimum atomic E-state index is 0.0376. The van der Waals surface area contributed by atoms with E-state index in [1.807, 2.05) is 17.8 Å². The summed E-state index contributed by atoms with van der Waals surface area (Å²) >= 11 is 0. The van der Waals surface area contributed by atoms with E-state index in [9.17, 15) is 4.79 Å². The van der Waals surface area contributed by atoms with Crippen molar-refractivity contribution in [2.24, 2.45) is 7.05 Å². The lowest BCUT2D eigenvalue weighted by Crippen LogP contribution is -1.80. The number of nitrogens with zero attached hydrogens (tertiary/aromatic N) is 2. The normalized spacial score (nSPS) is 10.7. The second-order valence-electron chi connectivity index (χ2n) is 2.41. The highest BCUT2D eigenvalue weighted by Crippen LogP contribution is 1.96. The van der Waals surface area contributed by atoms with Gasteiger partial charge in [0.15, 0.2) is 5.78 Å². The molecule has 0 fully saturated rings. The van der Waals surface area contributed by atoms with Crippen molar-refractivity contribution >= 4 is 11.9 Å². The number of rotatable bonds is 2. The van der Waals surface area contributed by atoms with Crippen LogP contribution >= 0.6 is 0 Å². The van der Waals surface area contributed by atoms with Gasteiger partial charge in [0.25, 0.3) is 0 Å². The van der Waals surface area contributed by atoms with Gasteiger partial charge >= 0.3 is 0 Å². The number of carbonyl (C=O) groups is 1. The summed E-state index contributed by atoms with van der Waals surface area (Å²) in [5.41, 5.74) is 0.808. The van der Waals surface area contributed by atoms with Crippen LogP contribution in [0.2, 0.25) is 0 Å². The third kappa shape index (κ3) is 2.37. The molecule has 58 valence electrons. The zero-order chi connectivity index (χ0) is 8.27. The van der Waals surface area contributed by atoms with Crippen LogP contribution in [0.3, 0.4) is 0 Å². The first-order chi connectivity index (χ1) is 5.18. The van der Waals surface area contributed by atoms with Crippen LogP contribution in [0, 0.1) is 0 Å². The van der Waals surface area contributed by atoms with Crippen LogP contribution in [-0.4, -0.2) is 15.3 Å². The van der Waals surface area contributed by atoms with E-state index < -0.39 is 0 Å². The highest BCUT2D eigenvalue weighted by Gasteiger charge is 1.89. The highest BCUT2D eigenvalue weighted by atomic mass is 16.1. The molecule has 0 amide bonds. The monoisotopic (exact) mass is 150 g/mol. The van der Waals surface area contributed by atoms with Crippen LogP contribution in [0.5, 0.6) is 0 Å². The van der Waals surface area contributed by atoms with Gasteiger partial charge in [-0.25, -0.2) is 4.98 Å². The lowest BCUT2D eigenvalue weighted by Gasteiger charge is -1.81. The maximum Gasteiger partial charge on any atom is 0.152 e. The first-order valence-corrected chi connectivity index (χ1v) is 3.35. The lowest BCUT2D eigenvalue weighted by molar-refractivity contribution is -0.112. The van der Waals surface area contributed by atoms with E-state index in [2.05, 4.69) is 4.98 Å². The van der Waals surface area contributed by atoms with Crippen LogP contribution < -0.4 is 0 Å². The van der Waals surface area contributed by atoms with E-state index in [4.69, 9.17) is 0 Å². The van der Waals surface area contributed by atoms with Crippen LogP contribution in [-0.2, 0) is 11.8 Å². The number of aromatic nitrogens is 2. The Morgan fingerprint density at radius 3 is 2.91 bits per heavy atom. The van der Waals surface area contributed by atoms with E-state index in [-0.39, 0.29) is 5.78 Å². The first-order valence-electron chi connectivity index (χ1n) is 3.35. The van der Waals surface area contributed by atoms with Crippen LogP contribution in [0.15, 0.2) is 18.6 Å². The molecular formula is C8H10N2O. The van der Waals surface area contributed by atoms with Crippen LogP contribution in [0.4, 0.5) is 0 Å². The quantitative estimate of drug-likeness (QED) is 0.590. The number of aryl methyl sites for hydroxylation is 1. The molecule has 3 heteroatoms. The van der Waals surface area contributed by atoms with Crippen molar-refractivity contribution in [3.8, 4) is 0 Å². The molecule has 1 heterocycles. The summed E-state index contributed by atoms with van der Waals surface area (Å²) in [7, 11) is 1.89. The minimum Gasteiger partial charge on any atom is -0.340 e. The van der Waals surface area contributed by atoms with Crippen molar-refractivity contribution in [1.82, 2.24) is 9.55 Å². The Kier molecular flexibility index (Phi) is 2.21. The predicted molar refractivity (Wildman–Crippen MR) is 42.9 cm³/mol. The predicted octanol–water partition coefficient (Wildman–Crippen LogP) is 1.02. The number of hydrogen-bond acceptors (Lipinski definition) is 2. The molecule has 1 aromatic rings. The Morgan fingerprint density at radius 2 is 2.45 bits per heavy atom. The van der Waals surface area contributed by atoms with Gasteiger partial charge < -0.3 is 4.57 Å². The third-order valence-corrected chi connectivity index (χ3v) is 1.21. The van der Waals surface area contributed by atoms with Gasteiger partial charge in [0, 0.05) is 13.2 Å². The molecule has 0 aliphatic carbocycles. The molecule has 0 aromatic carbocycles. The summed E-state index contributed by atoms with van der Waals surface area (Å²) in [6, 6.07) is 0. The number of carbonyl (C=O) groups excluding carboxylic acids is 1. The van der Waals surface area contributed by atoms with Gasteiger partial charge in [0.2, 0.25) is 0 Å². The molecule has 0 aliphatic heterocycles. The molecular weight excluding hydrogens is 140 g/mol. The maximum atomic E-state index is 10.5. The maximum absolute atomic E-state index is 10.5. The topological polar surface area (TPSA) is 34.9 Å².